The standard InChI is InChI=1S/C19H14ClN3O7/c1-11-8-13(3-6-16(11)22(25)26)29-10-14-4-7-18(30-14)19(24)21-15-5-2-12(20)9-17(15)23(27)28/h2-9H,10H2,1H3,(H,21,24). The van der Waals surface area contributed by atoms with Crippen LogP contribution in [0.1, 0.15) is 21.9 Å². The largest absolute Gasteiger partial charge is 0.486 e. The zero-order valence-electron chi connectivity index (χ0n) is 15.5. The Morgan fingerprint density at radius 3 is 2.47 bits per heavy atom. The third-order valence-electron chi connectivity index (χ3n) is 4.04. The lowest BCUT2D eigenvalue weighted by atomic mass is 10.2. The number of nitrogens with one attached hydrogen (secondary N) is 1. The van der Waals surface area contributed by atoms with Crippen molar-refractivity contribution in [2.24, 2.45) is 0 Å². The molecule has 1 amide bonds. The van der Waals surface area contributed by atoms with Gasteiger partial charge in [-0.05, 0) is 43.3 Å². The summed E-state index contributed by atoms with van der Waals surface area (Å²) in [5.41, 5.74) is 0.0571. The van der Waals surface area contributed by atoms with Crippen LogP contribution in [-0.4, -0.2) is 15.8 Å². The molecule has 3 aromatic rings. The van der Waals surface area contributed by atoms with Crippen molar-refractivity contribution < 1.29 is 23.8 Å². The molecule has 3 rings (SSSR count). The summed E-state index contributed by atoms with van der Waals surface area (Å²) in [5.74, 6) is -0.0327. The van der Waals surface area contributed by atoms with Crippen molar-refractivity contribution in [3.05, 3.63) is 90.9 Å². The molecule has 154 valence electrons. The maximum Gasteiger partial charge on any atom is 0.294 e. The van der Waals surface area contributed by atoms with E-state index in [9.17, 15) is 25.0 Å². The lowest BCUT2D eigenvalue weighted by Gasteiger charge is -2.06. The van der Waals surface area contributed by atoms with E-state index in [1.807, 2.05) is 0 Å². The van der Waals surface area contributed by atoms with Crippen molar-refractivity contribution in [1.82, 2.24) is 0 Å². The van der Waals surface area contributed by atoms with Crippen LogP contribution in [0.3, 0.4) is 0 Å². The number of rotatable bonds is 7. The monoisotopic (exact) mass is 431 g/mol. The second-order valence-corrected chi connectivity index (χ2v) is 6.57. The molecule has 0 aliphatic rings. The van der Waals surface area contributed by atoms with Crippen molar-refractivity contribution in [3.63, 3.8) is 0 Å². The number of hydrogen-bond donors (Lipinski definition) is 1. The molecule has 0 aliphatic carbocycles. The Morgan fingerprint density at radius 1 is 1.07 bits per heavy atom. The van der Waals surface area contributed by atoms with Crippen molar-refractivity contribution in [1.29, 1.82) is 0 Å². The highest BCUT2D eigenvalue weighted by Crippen LogP contribution is 2.28. The van der Waals surface area contributed by atoms with Crippen LogP contribution in [0.2, 0.25) is 5.02 Å². The van der Waals surface area contributed by atoms with Gasteiger partial charge in [0.2, 0.25) is 0 Å². The van der Waals surface area contributed by atoms with Gasteiger partial charge in [0, 0.05) is 22.7 Å². The lowest BCUT2D eigenvalue weighted by Crippen LogP contribution is -2.12. The number of halogens is 1. The molecule has 0 saturated carbocycles. The number of anilines is 1. The molecule has 0 aliphatic heterocycles. The fraction of sp³-hybridized carbons (Fsp3) is 0.105. The molecule has 1 heterocycles. The number of nitro benzene ring substituents is 2. The zero-order chi connectivity index (χ0) is 21.8. The first-order valence-corrected chi connectivity index (χ1v) is 8.84. The third-order valence-corrected chi connectivity index (χ3v) is 4.27. The van der Waals surface area contributed by atoms with Gasteiger partial charge in [0.1, 0.15) is 23.8 Å². The highest BCUT2D eigenvalue weighted by Gasteiger charge is 2.19. The van der Waals surface area contributed by atoms with E-state index in [4.69, 9.17) is 20.8 Å². The van der Waals surface area contributed by atoms with Gasteiger partial charge in [0.25, 0.3) is 17.3 Å². The molecule has 0 spiro atoms. The molecule has 1 N–H and O–H groups in total. The molecule has 0 atom stereocenters. The van der Waals surface area contributed by atoms with E-state index >= 15 is 0 Å². The smallest absolute Gasteiger partial charge is 0.294 e. The summed E-state index contributed by atoms with van der Waals surface area (Å²) in [4.78, 5) is 33.2. The molecule has 0 unspecified atom stereocenters. The molecular formula is C19H14ClN3O7. The molecular weight excluding hydrogens is 418 g/mol. The topological polar surface area (TPSA) is 138 Å². The fourth-order valence-electron chi connectivity index (χ4n) is 2.60. The number of aryl methyl sites for hydroxylation is 1. The highest BCUT2D eigenvalue weighted by atomic mass is 35.5. The summed E-state index contributed by atoms with van der Waals surface area (Å²) in [7, 11) is 0. The predicted octanol–water partition coefficient (Wildman–Crippen LogP) is 4.89. The van der Waals surface area contributed by atoms with E-state index < -0.39 is 15.8 Å². The summed E-state index contributed by atoms with van der Waals surface area (Å²) in [6.07, 6.45) is 0. The van der Waals surface area contributed by atoms with E-state index in [1.165, 1.54) is 42.5 Å². The number of hydrogen-bond acceptors (Lipinski definition) is 7. The van der Waals surface area contributed by atoms with E-state index in [0.29, 0.717) is 17.1 Å². The Kier molecular flexibility index (Phi) is 5.98. The minimum Gasteiger partial charge on any atom is -0.486 e. The minimum absolute atomic E-state index is 0.0180. The summed E-state index contributed by atoms with van der Waals surface area (Å²) >= 11 is 5.75. The molecule has 0 bridgehead atoms. The van der Waals surface area contributed by atoms with Gasteiger partial charge >= 0.3 is 0 Å². The normalized spacial score (nSPS) is 10.5. The highest BCUT2D eigenvalue weighted by molar-refractivity contribution is 6.31. The first-order chi connectivity index (χ1) is 14.2. The second kappa shape index (κ2) is 8.62. The molecule has 10 nitrogen and oxygen atoms in total. The number of ether oxygens (including phenoxy) is 1. The number of carbonyl (C=O) groups is 1. The lowest BCUT2D eigenvalue weighted by molar-refractivity contribution is -0.385. The maximum atomic E-state index is 12.3. The average molecular weight is 432 g/mol. The van der Waals surface area contributed by atoms with E-state index in [0.717, 1.165) is 6.07 Å². The predicted molar refractivity (Wildman–Crippen MR) is 107 cm³/mol. The summed E-state index contributed by atoms with van der Waals surface area (Å²) in [6.45, 7) is 1.57. The van der Waals surface area contributed by atoms with Crippen LogP contribution < -0.4 is 10.1 Å². The Hall–Kier alpha value is -3.92. The summed E-state index contributed by atoms with van der Waals surface area (Å²) < 4.78 is 10.9. The van der Waals surface area contributed by atoms with E-state index in [1.54, 1.807) is 6.92 Å². The molecule has 2 aromatic carbocycles. The van der Waals surface area contributed by atoms with Crippen LogP contribution in [-0.2, 0) is 6.61 Å². The molecule has 30 heavy (non-hydrogen) atoms. The van der Waals surface area contributed by atoms with Gasteiger partial charge in [-0.1, -0.05) is 11.6 Å². The van der Waals surface area contributed by atoms with E-state index in [-0.39, 0.29) is 34.5 Å². The van der Waals surface area contributed by atoms with Gasteiger partial charge in [-0.2, -0.15) is 0 Å². The van der Waals surface area contributed by atoms with Crippen molar-refractivity contribution >= 4 is 34.6 Å². The molecule has 0 fully saturated rings. The van der Waals surface area contributed by atoms with Gasteiger partial charge in [0.05, 0.1) is 9.85 Å². The Bertz CT molecular complexity index is 1140. The Balaban J connectivity index is 1.66. The Morgan fingerprint density at radius 2 is 1.80 bits per heavy atom. The second-order valence-electron chi connectivity index (χ2n) is 6.13. The first kappa shape index (κ1) is 20.8. The van der Waals surface area contributed by atoms with E-state index in [2.05, 4.69) is 5.32 Å². The van der Waals surface area contributed by atoms with Crippen LogP contribution in [0, 0.1) is 27.2 Å². The van der Waals surface area contributed by atoms with Crippen molar-refractivity contribution in [2.45, 2.75) is 13.5 Å². The quantitative estimate of drug-likeness (QED) is 0.415. The number of benzene rings is 2. The van der Waals surface area contributed by atoms with Crippen molar-refractivity contribution in [2.75, 3.05) is 5.32 Å². The molecule has 11 heteroatoms. The Labute approximate surface area is 174 Å². The number of carbonyl (C=O) groups excluding carboxylic acids is 1. The van der Waals surface area contributed by atoms with Crippen LogP contribution in [0.4, 0.5) is 17.1 Å². The van der Waals surface area contributed by atoms with Crippen LogP contribution in [0.15, 0.2) is 52.9 Å². The van der Waals surface area contributed by atoms with Crippen LogP contribution >= 0.6 is 11.6 Å². The average Bonchev–Trinajstić information content (AvgIpc) is 3.16. The number of furan rings is 1. The van der Waals surface area contributed by atoms with Crippen LogP contribution in [0.25, 0.3) is 0 Å². The molecule has 0 radical (unpaired) electrons. The SMILES string of the molecule is Cc1cc(OCc2ccc(C(=O)Nc3ccc(Cl)cc3[N+](=O)[O-])o2)ccc1[N+](=O)[O-]. The molecule has 1 aromatic heterocycles. The van der Waals surface area contributed by atoms with Gasteiger partial charge in [0.15, 0.2) is 5.76 Å². The summed E-state index contributed by atoms with van der Waals surface area (Å²) in [6, 6.07) is 11.1. The number of nitrogens with zero attached hydrogens (tertiary/aromatic N) is 2. The third kappa shape index (κ3) is 4.73. The number of amides is 1. The minimum atomic E-state index is -0.683. The van der Waals surface area contributed by atoms with Gasteiger partial charge in [-0.15, -0.1) is 0 Å². The van der Waals surface area contributed by atoms with Crippen LogP contribution in [0.5, 0.6) is 5.75 Å². The first-order valence-electron chi connectivity index (χ1n) is 8.46. The number of nitro groups is 2. The van der Waals surface area contributed by atoms with Gasteiger partial charge in [-0.25, -0.2) is 0 Å². The van der Waals surface area contributed by atoms with Gasteiger partial charge < -0.3 is 14.5 Å². The zero-order valence-corrected chi connectivity index (χ0v) is 16.2. The maximum absolute atomic E-state index is 12.3. The fourth-order valence-corrected chi connectivity index (χ4v) is 2.77. The summed E-state index contributed by atoms with van der Waals surface area (Å²) in [5, 5.41) is 24.5. The van der Waals surface area contributed by atoms with Gasteiger partial charge in [-0.3, -0.25) is 25.0 Å². The van der Waals surface area contributed by atoms with Crippen molar-refractivity contribution in [3.8, 4) is 5.75 Å². The molecule has 0 saturated heterocycles.